The van der Waals surface area contributed by atoms with Gasteiger partial charge >= 0.3 is 0 Å². The average Bonchev–Trinajstić information content (AvgIpc) is 3.39. The van der Waals surface area contributed by atoms with Gasteiger partial charge in [0.25, 0.3) is 0 Å². The molecular weight excluding hydrogens is 424 g/mol. The molecular formula is C24H21F2N7. The van der Waals surface area contributed by atoms with Gasteiger partial charge in [0.1, 0.15) is 11.9 Å². The molecule has 4 aromatic rings. The van der Waals surface area contributed by atoms with E-state index in [0.29, 0.717) is 41.3 Å². The van der Waals surface area contributed by atoms with Gasteiger partial charge in [-0.15, -0.1) is 0 Å². The first-order valence-electron chi connectivity index (χ1n) is 10.5. The van der Waals surface area contributed by atoms with Crippen LogP contribution in [0.1, 0.15) is 24.5 Å². The number of fused-ring (bicyclic) bond motifs is 1. The van der Waals surface area contributed by atoms with Crippen LogP contribution in [0.2, 0.25) is 0 Å². The molecule has 1 aromatic carbocycles. The standard InChI is InChI=1S/C24H21F2N7/c1-13-3-5-30-23-20(13)31-22(32-23)17-11-29-10-16(21(17)33-6-4-24(2,28)12-33)14-7-15(9-27)19(26)18(25)8-14/h3,5,7-8,10-11H,4,6,12,28H2,1-2H3,(H,30,31,32). The lowest BCUT2D eigenvalue weighted by Crippen LogP contribution is -2.39. The Morgan fingerprint density at radius 1 is 1.24 bits per heavy atom. The van der Waals surface area contributed by atoms with Crippen LogP contribution in [0.15, 0.2) is 36.8 Å². The molecule has 3 aromatic heterocycles. The molecule has 0 aliphatic carbocycles. The third-order valence-corrected chi connectivity index (χ3v) is 6.05. The van der Waals surface area contributed by atoms with E-state index in [4.69, 9.17) is 5.73 Å². The Kier molecular flexibility index (Phi) is 4.83. The number of aromatic amines is 1. The SMILES string of the molecule is Cc1ccnc2nc(-c3cncc(-c4cc(F)c(F)c(C#N)c4)c3N3CCC(C)(N)C3)[nH]c12. The summed E-state index contributed by atoms with van der Waals surface area (Å²) < 4.78 is 28.4. The summed E-state index contributed by atoms with van der Waals surface area (Å²) in [6.45, 7) is 5.17. The number of H-pyrrole nitrogens is 1. The predicted octanol–water partition coefficient (Wildman–Crippen LogP) is 4.07. The van der Waals surface area contributed by atoms with Gasteiger partial charge in [-0.1, -0.05) is 0 Å². The van der Waals surface area contributed by atoms with Crippen LogP contribution in [0.5, 0.6) is 0 Å². The maximum atomic E-state index is 14.3. The molecule has 1 aliphatic rings. The van der Waals surface area contributed by atoms with E-state index < -0.39 is 17.2 Å². The highest BCUT2D eigenvalue weighted by Gasteiger charge is 2.33. The molecule has 1 unspecified atom stereocenters. The maximum Gasteiger partial charge on any atom is 0.178 e. The number of benzene rings is 1. The lowest BCUT2D eigenvalue weighted by molar-refractivity contribution is 0.507. The molecule has 0 radical (unpaired) electrons. The number of anilines is 1. The molecule has 166 valence electrons. The summed E-state index contributed by atoms with van der Waals surface area (Å²) in [7, 11) is 0. The van der Waals surface area contributed by atoms with Gasteiger partial charge in [0, 0.05) is 42.8 Å². The normalized spacial score (nSPS) is 18.1. The lowest BCUT2D eigenvalue weighted by Gasteiger charge is -2.26. The summed E-state index contributed by atoms with van der Waals surface area (Å²) >= 11 is 0. The Bertz CT molecular complexity index is 1440. The van der Waals surface area contributed by atoms with E-state index in [2.05, 4.69) is 24.8 Å². The molecule has 4 heterocycles. The van der Waals surface area contributed by atoms with Gasteiger partial charge in [-0.25, -0.2) is 18.7 Å². The van der Waals surface area contributed by atoms with E-state index in [0.717, 1.165) is 29.3 Å². The lowest BCUT2D eigenvalue weighted by atomic mass is 9.99. The number of rotatable bonds is 3. The number of aromatic nitrogens is 4. The average molecular weight is 445 g/mol. The quantitative estimate of drug-likeness (QED) is 0.492. The van der Waals surface area contributed by atoms with Gasteiger partial charge < -0.3 is 15.6 Å². The first kappa shape index (κ1) is 21.0. The summed E-state index contributed by atoms with van der Waals surface area (Å²) in [5.41, 5.74) is 10.4. The third-order valence-electron chi connectivity index (χ3n) is 6.05. The van der Waals surface area contributed by atoms with Crippen LogP contribution >= 0.6 is 0 Å². The van der Waals surface area contributed by atoms with Crippen LogP contribution in [-0.2, 0) is 0 Å². The number of hydrogen-bond acceptors (Lipinski definition) is 6. The fourth-order valence-corrected chi connectivity index (χ4v) is 4.34. The van der Waals surface area contributed by atoms with E-state index in [-0.39, 0.29) is 5.56 Å². The van der Waals surface area contributed by atoms with E-state index >= 15 is 0 Å². The van der Waals surface area contributed by atoms with Crippen molar-refractivity contribution < 1.29 is 8.78 Å². The zero-order chi connectivity index (χ0) is 23.3. The van der Waals surface area contributed by atoms with Crippen LogP contribution < -0.4 is 10.6 Å². The van der Waals surface area contributed by atoms with Crippen LogP contribution in [0.4, 0.5) is 14.5 Å². The number of aryl methyl sites for hydroxylation is 1. The van der Waals surface area contributed by atoms with Crippen LogP contribution in [0, 0.1) is 29.9 Å². The van der Waals surface area contributed by atoms with Gasteiger partial charge in [-0.2, -0.15) is 5.26 Å². The highest BCUT2D eigenvalue weighted by Crippen LogP contribution is 2.41. The largest absolute Gasteiger partial charge is 0.368 e. The molecule has 1 atom stereocenters. The highest BCUT2D eigenvalue weighted by atomic mass is 19.2. The number of nitrogens with zero attached hydrogens (tertiary/aromatic N) is 5. The van der Waals surface area contributed by atoms with Crippen LogP contribution in [0.25, 0.3) is 33.7 Å². The van der Waals surface area contributed by atoms with Gasteiger partial charge in [0.2, 0.25) is 0 Å². The molecule has 0 spiro atoms. The Labute approximate surface area is 188 Å². The zero-order valence-electron chi connectivity index (χ0n) is 18.2. The van der Waals surface area contributed by atoms with Crippen molar-refractivity contribution in [3.8, 4) is 28.6 Å². The van der Waals surface area contributed by atoms with Crippen molar-refractivity contribution in [2.75, 3.05) is 18.0 Å². The number of pyridine rings is 2. The van der Waals surface area contributed by atoms with Gasteiger partial charge in [0.05, 0.1) is 22.3 Å². The predicted molar refractivity (Wildman–Crippen MR) is 121 cm³/mol. The molecule has 1 aliphatic heterocycles. The first-order chi connectivity index (χ1) is 15.8. The number of nitrogens with one attached hydrogen (secondary N) is 1. The zero-order valence-corrected chi connectivity index (χ0v) is 18.2. The monoisotopic (exact) mass is 445 g/mol. The molecule has 1 fully saturated rings. The minimum Gasteiger partial charge on any atom is -0.368 e. The van der Waals surface area contributed by atoms with E-state index in [1.54, 1.807) is 24.7 Å². The van der Waals surface area contributed by atoms with Crippen molar-refractivity contribution in [3.63, 3.8) is 0 Å². The summed E-state index contributed by atoms with van der Waals surface area (Å²) in [6, 6.07) is 6.04. The fourth-order valence-electron chi connectivity index (χ4n) is 4.34. The Morgan fingerprint density at radius 3 is 2.73 bits per heavy atom. The molecule has 7 nitrogen and oxygen atoms in total. The van der Waals surface area contributed by atoms with E-state index in [1.165, 1.54) is 6.07 Å². The minimum absolute atomic E-state index is 0.353. The molecule has 0 saturated carbocycles. The summed E-state index contributed by atoms with van der Waals surface area (Å²) in [5.74, 6) is -1.69. The van der Waals surface area contributed by atoms with Crippen molar-refractivity contribution >= 4 is 16.9 Å². The number of halogens is 2. The third kappa shape index (κ3) is 3.58. The molecule has 0 bridgehead atoms. The Balaban J connectivity index is 1.76. The van der Waals surface area contributed by atoms with Crippen molar-refractivity contribution in [3.05, 3.63) is 59.6 Å². The Hall–Kier alpha value is -3.90. The van der Waals surface area contributed by atoms with Crippen molar-refractivity contribution in [2.45, 2.75) is 25.8 Å². The second kappa shape index (κ2) is 7.60. The van der Waals surface area contributed by atoms with Crippen molar-refractivity contribution in [1.29, 1.82) is 5.26 Å². The van der Waals surface area contributed by atoms with Gasteiger partial charge in [-0.3, -0.25) is 4.98 Å². The first-order valence-corrected chi connectivity index (χ1v) is 10.5. The van der Waals surface area contributed by atoms with Crippen LogP contribution in [0.3, 0.4) is 0 Å². The van der Waals surface area contributed by atoms with E-state index in [9.17, 15) is 14.0 Å². The molecule has 3 N–H and O–H groups in total. The minimum atomic E-state index is -1.17. The number of hydrogen-bond donors (Lipinski definition) is 2. The fraction of sp³-hybridized carbons (Fsp3) is 0.250. The smallest absolute Gasteiger partial charge is 0.178 e. The molecule has 5 rings (SSSR count). The molecule has 0 amide bonds. The van der Waals surface area contributed by atoms with Crippen molar-refractivity contribution in [2.24, 2.45) is 5.73 Å². The molecule has 33 heavy (non-hydrogen) atoms. The maximum absolute atomic E-state index is 14.3. The summed E-state index contributed by atoms with van der Waals surface area (Å²) in [4.78, 5) is 18.8. The molecule has 9 heteroatoms. The summed E-state index contributed by atoms with van der Waals surface area (Å²) in [6.07, 6.45) is 5.73. The number of imidazole rings is 1. The number of nitrogens with two attached hydrogens (primary N) is 1. The summed E-state index contributed by atoms with van der Waals surface area (Å²) in [5, 5.41) is 9.28. The van der Waals surface area contributed by atoms with Crippen molar-refractivity contribution in [1.82, 2.24) is 19.9 Å². The second-order valence-corrected chi connectivity index (χ2v) is 8.75. The molecule has 1 saturated heterocycles. The van der Waals surface area contributed by atoms with E-state index in [1.807, 2.05) is 19.9 Å². The topological polar surface area (TPSA) is 108 Å². The highest BCUT2D eigenvalue weighted by molar-refractivity contribution is 5.91. The second-order valence-electron chi connectivity index (χ2n) is 8.75. The van der Waals surface area contributed by atoms with Gasteiger partial charge in [-0.05, 0) is 49.6 Å². The van der Waals surface area contributed by atoms with Crippen LogP contribution in [-0.4, -0.2) is 38.6 Å². The van der Waals surface area contributed by atoms with Gasteiger partial charge in [0.15, 0.2) is 17.3 Å². The number of nitriles is 1. The Morgan fingerprint density at radius 2 is 2.03 bits per heavy atom.